The lowest BCUT2D eigenvalue weighted by atomic mass is 10.0. The Bertz CT molecular complexity index is 1890. The maximum absolute atomic E-state index is 12.8. The number of halogens is 10. The number of aromatic nitrogens is 4. The molecule has 0 saturated heterocycles. The molecular formula is C28H16Cl4F6N6O2. The van der Waals surface area contributed by atoms with Crippen LogP contribution in [0.15, 0.2) is 36.7 Å². The second-order valence-electron chi connectivity index (χ2n) is 9.54. The monoisotopic (exact) mass is 722 g/mol. The minimum absolute atomic E-state index is 0.0227. The number of alkyl halides is 6. The van der Waals surface area contributed by atoms with Crippen LogP contribution in [0.25, 0.3) is 11.4 Å². The van der Waals surface area contributed by atoms with Crippen LogP contribution in [-0.2, 0) is 12.4 Å². The quantitative estimate of drug-likeness (QED) is 0.150. The number of hydrogen-bond acceptors (Lipinski definition) is 6. The van der Waals surface area contributed by atoms with Crippen LogP contribution in [0.1, 0.15) is 64.0 Å². The highest BCUT2D eigenvalue weighted by Gasteiger charge is 2.33. The number of Topliss-reactive ketones (excluding diaryl/α,β-unsaturated/α-hetero) is 2. The average Bonchev–Trinajstić information content (AvgIpc) is 3.56. The van der Waals surface area contributed by atoms with Gasteiger partial charge < -0.3 is 0 Å². The Labute approximate surface area is 276 Å². The topological polar surface area (TPSA) is 117 Å². The molecular weight excluding hydrogens is 708 g/mol. The Morgan fingerprint density at radius 2 is 1.04 bits per heavy atom. The van der Waals surface area contributed by atoms with Gasteiger partial charge in [-0.05, 0) is 31.2 Å². The van der Waals surface area contributed by atoms with Gasteiger partial charge in [0.1, 0.15) is 23.5 Å². The molecule has 240 valence electrons. The van der Waals surface area contributed by atoms with E-state index in [9.17, 15) is 35.9 Å². The molecule has 46 heavy (non-hydrogen) atoms. The highest BCUT2D eigenvalue weighted by Crippen LogP contribution is 2.39. The fraction of sp³-hybridized carbons (Fsp3) is 0.214. The Balaban J connectivity index is 0.000000251. The summed E-state index contributed by atoms with van der Waals surface area (Å²) in [4.78, 5) is 23.5. The predicted molar refractivity (Wildman–Crippen MR) is 156 cm³/mol. The summed E-state index contributed by atoms with van der Waals surface area (Å²) in [6, 6.07) is 6.31. The van der Waals surface area contributed by atoms with Crippen LogP contribution in [0, 0.1) is 28.6 Å². The van der Waals surface area contributed by atoms with E-state index in [0.717, 1.165) is 9.36 Å². The van der Waals surface area contributed by atoms with Gasteiger partial charge in [0.2, 0.25) is 0 Å². The summed E-state index contributed by atoms with van der Waals surface area (Å²) >= 11 is 23.5. The van der Waals surface area contributed by atoms with Crippen molar-refractivity contribution in [1.82, 2.24) is 19.6 Å². The molecule has 4 aromatic rings. The lowest BCUT2D eigenvalue weighted by Gasteiger charge is -2.12. The van der Waals surface area contributed by atoms with Crippen molar-refractivity contribution in [3.05, 3.63) is 90.4 Å². The minimum Gasteiger partial charge on any atom is -0.294 e. The van der Waals surface area contributed by atoms with E-state index < -0.39 is 29.3 Å². The van der Waals surface area contributed by atoms with Crippen molar-refractivity contribution >= 4 is 58.0 Å². The third-order valence-corrected chi connectivity index (χ3v) is 7.11. The first-order valence-corrected chi connectivity index (χ1v) is 13.9. The third-order valence-electron chi connectivity index (χ3n) is 5.96. The molecule has 0 aliphatic heterocycles. The molecule has 2 aromatic heterocycles. The van der Waals surface area contributed by atoms with Gasteiger partial charge in [-0.15, -0.1) is 0 Å². The Hall–Kier alpha value is -4.08. The highest BCUT2D eigenvalue weighted by atomic mass is 35.5. The van der Waals surface area contributed by atoms with Crippen molar-refractivity contribution in [2.75, 3.05) is 0 Å². The molecule has 0 atom stereocenters. The number of nitrogens with zero attached hydrogens (tertiary/aromatic N) is 6. The number of carbonyl (C=O) groups excluding carboxylic acids is 2. The molecule has 0 aliphatic carbocycles. The first kappa shape index (κ1) is 36.4. The number of carbonyl (C=O) groups is 2. The van der Waals surface area contributed by atoms with E-state index in [1.807, 2.05) is 0 Å². The molecule has 0 spiro atoms. The molecule has 0 unspecified atom stereocenters. The van der Waals surface area contributed by atoms with Crippen molar-refractivity contribution in [2.45, 2.75) is 33.1 Å². The number of ketones is 2. The second kappa shape index (κ2) is 13.7. The smallest absolute Gasteiger partial charge is 0.294 e. The zero-order valence-corrected chi connectivity index (χ0v) is 26.3. The largest absolute Gasteiger partial charge is 0.416 e. The number of benzene rings is 2. The SMILES string of the molecule is CC(=O)c1cn(-c2c(Cl)cc(C(F)(F)F)cc2Cl)nc1C#N.CC(C)C(=O)c1cn(-c2c(Cl)cc(C(F)(F)F)cc2Cl)nc1C#N. The van der Waals surface area contributed by atoms with E-state index in [2.05, 4.69) is 10.2 Å². The summed E-state index contributed by atoms with van der Waals surface area (Å²) < 4.78 is 78.4. The van der Waals surface area contributed by atoms with Crippen LogP contribution >= 0.6 is 46.4 Å². The van der Waals surface area contributed by atoms with E-state index in [1.54, 1.807) is 26.0 Å². The minimum atomic E-state index is -4.60. The van der Waals surface area contributed by atoms with Crippen molar-refractivity contribution in [2.24, 2.45) is 5.92 Å². The number of nitriles is 2. The van der Waals surface area contributed by atoms with E-state index in [-0.39, 0.29) is 65.7 Å². The maximum atomic E-state index is 12.8. The van der Waals surface area contributed by atoms with Gasteiger partial charge in [-0.3, -0.25) is 9.59 Å². The summed E-state index contributed by atoms with van der Waals surface area (Å²) in [6.45, 7) is 4.54. The van der Waals surface area contributed by atoms with Gasteiger partial charge in [0.05, 0.1) is 42.3 Å². The highest BCUT2D eigenvalue weighted by molar-refractivity contribution is 6.38. The number of hydrogen-bond donors (Lipinski definition) is 0. The molecule has 0 N–H and O–H groups in total. The fourth-order valence-electron chi connectivity index (χ4n) is 3.79. The lowest BCUT2D eigenvalue weighted by Crippen LogP contribution is -2.08. The van der Waals surface area contributed by atoms with Crippen LogP contribution in [0.4, 0.5) is 26.3 Å². The Kier molecular flexibility index (Phi) is 10.9. The van der Waals surface area contributed by atoms with E-state index in [4.69, 9.17) is 56.9 Å². The Morgan fingerprint density at radius 1 is 0.717 bits per heavy atom. The normalized spacial score (nSPS) is 11.5. The zero-order chi connectivity index (χ0) is 34.9. The van der Waals surface area contributed by atoms with Crippen molar-refractivity contribution in [3.63, 3.8) is 0 Å². The average molecular weight is 724 g/mol. The molecule has 0 radical (unpaired) electrons. The molecule has 0 saturated carbocycles. The van der Waals surface area contributed by atoms with Crippen LogP contribution in [0.3, 0.4) is 0 Å². The second-order valence-corrected chi connectivity index (χ2v) is 11.2. The molecule has 2 aromatic carbocycles. The first-order chi connectivity index (χ1) is 21.2. The van der Waals surface area contributed by atoms with E-state index >= 15 is 0 Å². The first-order valence-electron chi connectivity index (χ1n) is 12.4. The van der Waals surface area contributed by atoms with Crippen LogP contribution in [0.5, 0.6) is 0 Å². The Morgan fingerprint density at radius 3 is 1.30 bits per heavy atom. The molecule has 2 heterocycles. The van der Waals surface area contributed by atoms with Gasteiger partial charge >= 0.3 is 12.4 Å². The maximum Gasteiger partial charge on any atom is 0.416 e. The zero-order valence-electron chi connectivity index (χ0n) is 23.3. The molecule has 0 fully saturated rings. The van der Waals surface area contributed by atoms with Gasteiger partial charge in [0.15, 0.2) is 23.0 Å². The summed E-state index contributed by atoms with van der Waals surface area (Å²) in [6.07, 6.45) is -6.77. The summed E-state index contributed by atoms with van der Waals surface area (Å²) in [5.41, 5.74) is -2.33. The molecule has 0 aliphatic rings. The molecule has 0 bridgehead atoms. The summed E-state index contributed by atoms with van der Waals surface area (Å²) in [5.74, 6) is -1.12. The molecule has 4 rings (SSSR count). The van der Waals surface area contributed by atoms with Crippen molar-refractivity contribution in [3.8, 4) is 23.5 Å². The fourth-order valence-corrected chi connectivity index (χ4v) is 5.11. The standard InChI is InChI=1S/C15H10Cl2F3N3O.C13H6Cl2F3N3O/c1-7(2)14(24)9-6-23(22-12(9)5-21)13-10(16)3-8(4-11(13)17)15(18,19)20;1-6(22)8-5-21(20-11(8)4-19)12-9(14)2-7(3-10(12)15)13(16,17)18/h3-4,6-7H,1-2H3;2-3,5H,1H3. The molecule has 0 amide bonds. The van der Waals surface area contributed by atoms with Crippen molar-refractivity contribution in [1.29, 1.82) is 10.5 Å². The van der Waals surface area contributed by atoms with Crippen LogP contribution in [-0.4, -0.2) is 31.1 Å². The van der Waals surface area contributed by atoms with Gasteiger partial charge in [0.25, 0.3) is 0 Å². The third kappa shape index (κ3) is 7.82. The van der Waals surface area contributed by atoms with Crippen LogP contribution in [0.2, 0.25) is 20.1 Å². The summed E-state index contributed by atoms with van der Waals surface area (Å²) in [7, 11) is 0. The lowest BCUT2D eigenvalue weighted by molar-refractivity contribution is -0.138. The molecule has 8 nitrogen and oxygen atoms in total. The predicted octanol–water partition coefficient (Wildman–Crippen LogP) is 9.18. The van der Waals surface area contributed by atoms with Gasteiger partial charge in [-0.1, -0.05) is 60.3 Å². The van der Waals surface area contributed by atoms with Crippen LogP contribution < -0.4 is 0 Å². The van der Waals surface area contributed by atoms with Gasteiger partial charge in [0, 0.05) is 18.3 Å². The van der Waals surface area contributed by atoms with Crippen molar-refractivity contribution < 1.29 is 35.9 Å². The summed E-state index contributed by atoms with van der Waals surface area (Å²) in [5, 5.41) is 24.5. The number of rotatable bonds is 5. The van der Waals surface area contributed by atoms with Gasteiger partial charge in [-0.25, -0.2) is 9.36 Å². The van der Waals surface area contributed by atoms with Gasteiger partial charge in [-0.2, -0.15) is 47.1 Å². The van der Waals surface area contributed by atoms with E-state index in [1.165, 1.54) is 19.3 Å². The molecule has 18 heteroatoms. The van der Waals surface area contributed by atoms with E-state index in [0.29, 0.717) is 24.3 Å².